The quantitative estimate of drug-likeness (QED) is 0.838. The average molecular weight is 364 g/mol. The number of hydrogen-bond acceptors (Lipinski definition) is 5. The molecule has 1 aliphatic rings. The fraction of sp³-hybridized carbons (Fsp3) is 0.471. The van der Waals surface area contributed by atoms with Gasteiger partial charge in [0.15, 0.2) is 0 Å². The van der Waals surface area contributed by atoms with Gasteiger partial charge in [-0.2, -0.15) is 5.10 Å². The van der Waals surface area contributed by atoms with Gasteiger partial charge in [-0.25, -0.2) is 17.8 Å². The van der Waals surface area contributed by atoms with Gasteiger partial charge in [0.05, 0.1) is 19.6 Å². The van der Waals surface area contributed by atoms with Crippen LogP contribution in [0, 0.1) is 0 Å². The van der Waals surface area contributed by atoms with E-state index in [0.717, 1.165) is 49.5 Å². The molecule has 7 nitrogen and oxygen atoms in total. The van der Waals surface area contributed by atoms with Gasteiger partial charge in [-0.3, -0.25) is 4.90 Å². The van der Waals surface area contributed by atoms with Crippen molar-refractivity contribution in [3.05, 3.63) is 42.2 Å². The topological polar surface area (TPSA) is 76.5 Å². The summed E-state index contributed by atoms with van der Waals surface area (Å²) in [6.07, 6.45) is 6.75. The molecule has 3 rings (SSSR count). The van der Waals surface area contributed by atoms with Crippen LogP contribution in [0.3, 0.4) is 0 Å². The SMILES string of the molecule is COc1ccccc1-n1cc(CN2CCC(NS(C)(=O)=O)CC2)cn1. The van der Waals surface area contributed by atoms with Crippen LogP contribution < -0.4 is 9.46 Å². The van der Waals surface area contributed by atoms with E-state index in [1.807, 2.05) is 41.3 Å². The number of hydrogen-bond donors (Lipinski definition) is 1. The summed E-state index contributed by atoms with van der Waals surface area (Å²) in [6, 6.07) is 7.82. The first-order valence-corrected chi connectivity index (χ1v) is 10.2. The van der Waals surface area contributed by atoms with Crippen LogP contribution >= 0.6 is 0 Å². The van der Waals surface area contributed by atoms with Gasteiger partial charge in [0.2, 0.25) is 10.0 Å². The van der Waals surface area contributed by atoms with Gasteiger partial charge in [0.25, 0.3) is 0 Å². The normalized spacial score (nSPS) is 16.9. The molecule has 1 aromatic carbocycles. The van der Waals surface area contributed by atoms with Crippen molar-refractivity contribution < 1.29 is 13.2 Å². The molecule has 1 aliphatic heterocycles. The van der Waals surface area contributed by atoms with Crippen molar-refractivity contribution in [2.45, 2.75) is 25.4 Å². The number of benzene rings is 1. The second-order valence-corrected chi connectivity index (χ2v) is 8.19. The Bertz CT molecular complexity index is 811. The van der Waals surface area contributed by atoms with Crippen LogP contribution in [0.5, 0.6) is 5.75 Å². The van der Waals surface area contributed by atoms with E-state index in [-0.39, 0.29) is 6.04 Å². The molecule has 0 bridgehead atoms. The molecule has 2 heterocycles. The molecule has 0 saturated carbocycles. The molecule has 1 saturated heterocycles. The molecular formula is C17H24N4O3S. The Balaban J connectivity index is 1.59. The summed E-state index contributed by atoms with van der Waals surface area (Å²) in [4.78, 5) is 2.32. The van der Waals surface area contributed by atoms with Crippen LogP contribution in [0.2, 0.25) is 0 Å². The third-order valence-electron chi connectivity index (χ3n) is 4.34. The number of sulfonamides is 1. The van der Waals surface area contributed by atoms with Crippen molar-refractivity contribution >= 4 is 10.0 Å². The molecular weight excluding hydrogens is 340 g/mol. The van der Waals surface area contributed by atoms with Gasteiger partial charge in [0.1, 0.15) is 11.4 Å². The lowest BCUT2D eigenvalue weighted by Crippen LogP contribution is -2.43. The number of likely N-dealkylation sites (tertiary alicyclic amines) is 1. The fourth-order valence-corrected chi connectivity index (χ4v) is 4.00. The highest BCUT2D eigenvalue weighted by Crippen LogP contribution is 2.22. The average Bonchev–Trinajstić information content (AvgIpc) is 3.03. The predicted octanol–water partition coefficient (Wildman–Crippen LogP) is 1.39. The van der Waals surface area contributed by atoms with E-state index in [0.29, 0.717) is 0 Å². The maximum Gasteiger partial charge on any atom is 0.208 e. The summed E-state index contributed by atoms with van der Waals surface area (Å²) in [6.45, 7) is 2.54. The van der Waals surface area contributed by atoms with Crippen molar-refractivity contribution in [1.29, 1.82) is 0 Å². The van der Waals surface area contributed by atoms with Gasteiger partial charge >= 0.3 is 0 Å². The van der Waals surface area contributed by atoms with Crippen LogP contribution in [-0.4, -0.2) is 55.6 Å². The molecule has 1 fully saturated rings. The van der Waals surface area contributed by atoms with Crippen molar-refractivity contribution in [2.24, 2.45) is 0 Å². The first-order chi connectivity index (χ1) is 11.9. The lowest BCUT2D eigenvalue weighted by molar-refractivity contribution is 0.200. The molecule has 0 aliphatic carbocycles. The molecule has 2 aromatic rings. The van der Waals surface area contributed by atoms with Gasteiger partial charge in [0, 0.05) is 37.4 Å². The summed E-state index contributed by atoms with van der Waals surface area (Å²) in [5, 5.41) is 4.44. The minimum absolute atomic E-state index is 0.0440. The monoisotopic (exact) mass is 364 g/mol. The molecule has 1 N–H and O–H groups in total. The van der Waals surface area contributed by atoms with E-state index < -0.39 is 10.0 Å². The number of nitrogens with one attached hydrogen (secondary N) is 1. The second kappa shape index (κ2) is 7.55. The van der Waals surface area contributed by atoms with Crippen molar-refractivity contribution in [3.8, 4) is 11.4 Å². The van der Waals surface area contributed by atoms with Crippen LogP contribution in [0.15, 0.2) is 36.7 Å². The molecule has 0 atom stereocenters. The van der Waals surface area contributed by atoms with Crippen molar-refractivity contribution in [3.63, 3.8) is 0 Å². The standard InChI is InChI=1S/C17H24N4O3S/c1-24-17-6-4-3-5-16(17)21-13-14(11-18-21)12-20-9-7-15(8-10-20)19-25(2,22)23/h3-6,11,13,15,19H,7-10,12H2,1-2H3. The molecule has 136 valence electrons. The maximum absolute atomic E-state index is 11.3. The van der Waals surface area contributed by atoms with Crippen LogP contribution in [0.1, 0.15) is 18.4 Å². The minimum atomic E-state index is -3.13. The first kappa shape index (κ1) is 17.9. The molecule has 8 heteroatoms. The summed E-state index contributed by atoms with van der Waals surface area (Å²) in [5.74, 6) is 0.782. The van der Waals surface area contributed by atoms with E-state index in [9.17, 15) is 8.42 Å². The highest BCUT2D eigenvalue weighted by Gasteiger charge is 2.22. The van der Waals surface area contributed by atoms with E-state index in [1.165, 1.54) is 6.26 Å². The molecule has 1 aromatic heterocycles. The fourth-order valence-electron chi connectivity index (χ4n) is 3.16. The molecule has 0 radical (unpaired) electrons. The number of para-hydroxylation sites is 2. The lowest BCUT2D eigenvalue weighted by Gasteiger charge is -2.31. The number of aromatic nitrogens is 2. The van der Waals surface area contributed by atoms with E-state index in [2.05, 4.69) is 14.7 Å². The lowest BCUT2D eigenvalue weighted by atomic mass is 10.1. The molecule has 0 amide bonds. The first-order valence-electron chi connectivity index (χ1n) is 8.31. The highest BCUT2D eigenvalue weighted by molar-refractivity contribution is 7.88. The minimum Gasteiger partial charge on any atom is -0.494 e. The van der Waals surface area contributed by atoms with Gasteiger partial charge < -0.3 is 4.74 Å². The summed E-state index contributed by atoms with van der Waals surface area (Å²) < 4.78 is 32.5. The Morgan fingerprint density at radius 3 is 2.68 bits per heavy atom. The largest absolute Gasteiger partial charge is 0.494 e. The Kier molecular flexibility index (Phi) is 5.41. The Morgan fingerprint density at radius 1 is 1.28 bits per heavy atom. The molecule has 0 unspecified atom stereocenters. The van der Waals surface area contributed by atoms with Gasteiger partial charge in [-0.1, -0.05) is 12.1 Å². The molecule has 0 spiro atoms. The zero-order valence-corrected chi connectivity index (χ0v) is 15.4. The van der Waals surface area contributed by atoms with Crippen molar-refractivity contribution in [2.75, 3.05) is 26.5 Å². The third-order valence-corrected chi connectivity index (χ3v) is 5.10. The van der Waals surface area contributed by atoms with Crippen molar-refractivity contribution in [1.82, 2.24) is 19.4 Å². The van der Waals surface area contributed by atoms with E-state index in [1.54, 1.807) is 7.11 Å². The van der Waals surface area contributed by atoms with Crippen LogP contribution in [0.25, 0.3) is 5.69 Å². The number of ether oxygens (including phenoxy) is 1. The van der Waals surface area contributed by atoms with Crippen LogP contribution in [-0.2, 0) is 16.6 Å². The van der Waals surface area contributed by atoms with Gasteiger partial charge in [-0.15, -0.1) is 0 Å². The smallest absolute Gasteiger partial charge is 0.208 e. The van der Waals surface area contributed by atoms with E-state index >= 15 is 0 Å². The highest BCUT2D eigenvalue weighted by atomic mass is 32.2. The zero-order chi connectivity index (χ0) is 17.9. The Hall–Kier alpha value is -1.90. The summed E-state index contributed by atoms with van der Waals surface area (Å²) in [7, 11) is -1.48. The molecule has 25 heavy (non-hydrogen) atoms. The number of piperidine rings is 1. The van der Waals surface area contributed by atoms with E-state index in [4.69, 9.17) is 4.74 Å². The second-order valence-electron chi connectivity index (χ2n) is 6.41. The summed E-state index contributed by atoms with van der Waals surface area (Å²) >= 11 is 0. The third kappa shape index (κ3) is 4.81. The van der Waals surface area contributed by atoms with Crippen LogP contribution in [0.4, 0.5) is 0 Å². The number of rotatable bonds is 6. The zero-order valence-electron chi connectivity index (χ0n) is 14.6. The maximum atomic E-state index is 11.3. The number of methoxy groups -OCH3 is 1. The Labute approximate surface area is 148 Å². The summed E-state index contributed by atoms with van der Waals surface area (Å²) in [5.41, 5.74) is 2.03. The predicted molar refractivity (Wildman–Crippen MR) is 96.4 cm³/mol. The number of nitrogens with zero attached hydrogens (tertiary/aromatic N) is 3. The Morgan fingerprint density at radius 2 is 2.00 bits per heavy atom. The van der Waals surface area contributed by atoms with Gasteiger partial charge in [-0.05, 0) is 25.0 Å².